The van der Waals surface area contributed by atoms with E-state index in [0.29, 0.717) is 12.3 Å². The van der Waals surface area contributed by atoms with Crippen molar-refractivity contribution in [3.8, 4) is 17.6 Å². The Kier molecular flexibility index (Phi) is 5.84. The van der Waals surface area contributed by atoms with E-state index in [1.807, 2.05) is 30.3 Å². The van der Waals surface area contributed by atoms with Crippen LogP contribution in [0.2, 0.25) is 0 Å². The van der Waals surface area contributed by atoms with Gasteiger partial charge in [-0.1, -0.05) is 30.0 Å². The van der Waals surface area contributed by atoms with E-state index in [9.17, 15) is 9.59 Å². The first-order chi connectivity index (χ1) is 12.7. The molecule has 1 aromatic carbocycles. The maximum atomic E-state index is 12.2. The summed E-state index contributed by atoms with van der Waals surface area (Å²) in [7, 11) is 0. The van der Waals surface area contributed by atoms with Gasteiger partial charge in [-0.3, -0.25) is 14.6 Å². The fourth-order valence-electron chi connectivity index (χ4n) is 2.68. The predicted octanol–water partition coefficient (Wildman–Crippen LogP) is 1.63. The normalized spacial score (nSPS) is 15.9. The summed E-state index contributed by atoms with van der Waals surface area (Å²) in [4.78, 5) is 30.0. The van der Waals surface area contributed by atoms with Crippen LogP contribution in [0.15, 0.2) is 54.9 Å². The first-order valence-corrected chi connectivity index (χ1v) is 8.35. The number of carbonyl (C=O) groups is 2. The molecule has 1 unspecified atom stereocenters. The van der Waals surface area contributed by atoms with Crippen LogP contribution in [0.3, 0.4) is 0 Å². The molecule has 6 nitrogen and oxygen atoms in total. The minimum absolute atomic E-state index is 0.0349. The van der Waals surface area contributed by atoms with Crippen molar-refractivity contribution in [3.63, 3.8) is 0 Å². The fourth-order valence-corrected chi connectivity index (χ4v) is 2.68. The minimum atomic E-state index is -0.351. The summed E-state index contributed by atoms with van der Waals surface area (Å²) in [6.45, 7) is 0.850. The molecule has 132 valence electrons. The number of pyridine rings is 1. The average molecular weight is 349 g/mol. The second-order valence-corrected chi connectivity index (χ2v) is 5.79. The molecule has 0 saturated carbocycles. The molecule has 26 heavy (non-hydrogen) atoms. The van der Waals surface area contributed by atoms with E-state index in [-0.39, 0.29) is 37.3 Å². The molecule has 1 fully saturated rings. The highest BCUT2D eigenvalue weighted by Gasteiger charge is 2.34. The molecule has 1 aliphatic rings. The van der Waals surface area contributed by atoms with E-state index in [1.165, 1.54) is 0 Å². The molecular formula is C20H19N3O3. The summed E-state index contributed by atoms with van der Waals surface area (Å²) in [5.41, 5.74) is 0.820. The fraction of sp³-hybridized carbons (Fsp3) is 0.250. The highest BCUT2D eigenvalue weighted by molar-refractivity contribution is 6.00. The van der Waals surface area contributed by atoms with Crippen molar-refractivity contribution in [1.82, 2.24) is 10.3 Å². The molecule has 1 atom stereocenters. The van der Waals surface area contributed by atoms with Gasteiger partial charge in [0.05, 0.1) is 18.7 Å². The molecule has 1 N–H and O–H groups in total. The number of hydrogen-bond donors (Lipinski definition) is 1. The summed E-state index contributed by atoms with van der Waals surface area (Å²) < 4.78 is 5.39. The maximum absolute atomic E-state index is 12.2. The number of amides is 2. The van der Waals surface area contributed by atoms with Gasteiger partial charge in [0.15, 0.2) is 0 Å². The number of carbonyl (C=O) groups excluding carboxylic acids is 2. The third-order valence-corrected chi connectivity index (χ3v) is 3.99. The first-order valence-electron chi connectivity index (χ1n) is 8.35. The third kappa shape index (κ3) is 4.61. The summed E-state index contributed by atoms with van der Waals surface area (Å²) in [5, 5.41) is 2.76. The summed E-state index contributed by atoms with van der Waals surface area (Å²) in [6, 6.07) is 13.0. The second kappa shape index (κ2) is 8.67. The van der Waals surface area contributed by atoms with Crippen LogP contribution >= 0.6 is 0 Å². The van der Waals surface area contributed by atoms with Crippen molar-refractivity contribution >= 4 is 17.5 Å². The van der Waals surface area contributed by atoms with Crippen LogP contribution in [-0.4, -0.2) is 36.5 Å². The number of ether oxygens (including phenoxy) is 1. The number of rotatable bonds is 5. The molecule has 0 spiro atoms. The van der Waals surface area contributed by atoms with Crippen LogP contribution in [0.5, 0.6) is 5.75 Å². The van der Waals surface area contributed by atoms with Gasteiger partial charge >= 0.3 is 0 Å². The number of benzene rings is 1. The van der Waals surface area contributed by atoms with Gasteiger partial charge in [0.2, 0.25) is 11.8 Å². The summed E-state index contributed by atoms with van der Waals surface area (Å²) >= 11 is 0. The van der Waals surface area contributed by atoms with Crippen molar-refractivity contribution in [3.05, 3.63) is 54.9 Å². The van der Waals surface area contributed by atoms with Gasteiger partial charge in [-0.2, -0.15) is 0 Å². The van der Waals surface area contributed by atoms with Gasteiger partial charge in [-0.15, -0.1) is 0 Å². The molecule has 1 aliphatic heterocycles. The molecule has 2 heterocycles. The Morgan fingerprint density at radius 3 is 2.85 bits per heavy atom. The average Bonchev–Trinajstić information content (AvgIpc) is 3.08. The van der Waals surface area contributed by atoms with Crippen LogP contribution in [-0.2, 0) is 9.59 Å². The zero-order valence-electron chi connectivity index (χ0n) is 14.2. The monoisotopic (exact) mass is 349 g/mol. The molecule has 0 aliphatic carbocycles. The van der Waals surface area contributed by atoms with Gasteiger partial charge < -0.3 is 15.0 Å². The predicted molar refractivity (Wildman–Crippen MR) is 97.4 cm³/mol. The number of anilines is 1. The number of nitrogens with one attached hydrogen (secondary N) is 1. The molecule has 2 amide bonds. The molecular weight excluding hydrogens is 330 g/mol. The first kappa shape index (κ1) is 17.5. The smallest absolute Gasteiger partial charge is 0.227 e. The van der Waals surface area contributed by atoms with E-state index >= 15 is 0 Å². The van der Waals surface area contributed by atoms with Crippen LogP contribution in [0.4, 0.5) is 5.69 Å². The Labute approximate surface area is 152 Å². The maximum Gasteiger partial charge on any atom is 0.227 e. The Morgan fingerprint density at radius 1 is 1.23 bits per heavy atom. The summed E-state index contributed by atoms with van der Waals surface area (Å²) in [5.74, 6) is 5.78. The Balaban J connectivity index is 1.42. The van der Waals surface area contributed by atoms with Crippen molar-refractivity contribution in [2.45, 2.75) is 6.42 Å². The van der Waals surface area contributed by atoms with Gasteiger partial charge in [0, 0.05) is 24.8 Å². The van der Waals surface area contributed by atoms with Gasteiger partial charge in [-0.05, 0) is 24.3 Å². The Bertz CT molecular complexity index is 812. The lowest BCUT2D eigenvalue weighted by atomic mass is 10.1. The van der Waals surface area contributed by atoms with E-state index in [0.717, 1.165) is 5.69 Å². The van der Waals surface area contributed by atoms with Crippen LogP contribution in [0.25, 0.3) is 0 Å². The molecule has 3 rings (SSSR count). The number of hydrogen-bond acceptors (Lipinski definition) is 4. The lowest BCUT2D eigenvalue weighted by molar-refractivity contribution is -0.126. The van der Waals surface area contributed by atoms with Crippen molar-refractivity contribution in [2.24, 2.45) is 5.92 Å². The third-order valence-electron chi connectivity index (χ3n) is 3.99. The van der Waals surface area contributed by atoms with Crippen molar-refractivity contribution in [1.29, 1.82) is 0 Å². The zero-order chi connectivity index (χ0) is 18.2. The van der Waals surface area contributed by atoms with E-state index in [4.69, 9.17) is 4.74 Å². The number of para-hydroxylation sites is 1. The summed E-state index contributed by atoms with van der Waals surface area (Å²) in [6.07, 6.45) is 3.50. The Hall–Kier alpha value is -3.33. The van der Waals surface area contributed by atoms with E-state index in [1.54, 1.807) is 29.4 Å². The molecule has 1 saturated heterocycles. The quantitative estimate of drug-likeness (QED) is 0.833. The van der Waals surface area contributed by atoms with Crippen LogP contribution < -0.4 is 15.0 Å². The lowest BCUT2D eigenvalue weighted by Crippen LogP contribution is -2.33. The SMILES string of the molecule is O=C(NCC#CCOc1cccnc1)C1CC(=O)N(c2ccccc2)C1. The van der Waals surface area contributed by atoms with Gasteiger partial charge in [-0.25, -0.2) is 0 Å². The molecule has 2 aromatic rings. The van der Waals surface area contributed by atoms with Gasteiger partial charge in [0.1, 0.15) is 12.4 Å². The minimum Gasteiger partial charge on any atom is -0.479 e. The molecule has 0 radical (unpaired) electrons. The largest absolute Gasteiger partial charge is 0.479 e. The highest BCUT2D eigenvalue weighted by Crippen LogP contribution is 2.24. The molecule has 0 bridgehead atoms. The van der Waals surface area contributed by atoms with Crippen molar-refractivity contribution in [2.75, 3.05) is 24.6 Å². The van der Waals surface area contributed by atoms with E-state index in [2.05, 4.69) is 22.1 Å². The van der Waals surface area contributed by atoms with Gasteiger partial charge in [0.25, 0.3) is 0 Å². The number of aromatic nitrogens is 1. The molecule has 1 aromatic heterocycles. The number of nitrogens with zero attached hydrogens (tertiary/aromatic N) is 2. The second-order valence-electron chi connectivity index (χ2n) is 5.79. The van der Waals surface area contributed by atoms with Crippen LogP contribution in [0, 0.1) is 17.8 Å². The lowest BCUT2D eigenvalue weighted by Gasteiger charge is -2.16. The molecule has 6 heteroatoms. The highest BCUT2D eigenvalue weighted by atomic mass is 16.5. The topological polar surface area (TPSA) is 71.5 Å². The van der Waals surface area contributed by atoms with Crippen molar-refractivity contribution < 1.29 is 14.3 Å². The zero-order valence-corrected chi connectivity index (χ0v) is 14.2. The van der Waals surface area contributed by atoms with E-state index < -0.39 is 0 Å². The Morgan fingerprint density at radius 2 is 2.08 bits per heavy atom. The standard InChI is InChI=1S/C20H19N3O3/c24-19-13-16(15-23(19)17-7-2-1-3-8-17)20(25)22-11-4-5-12-26-18-9-6-10-21-14-18/h1-3,6-10,14,16H,11-13,15H2,(H,22,25). The van der Waals surface area contributed by atoms with Crippen LogP contribution in [0.1, 0.15) is 6.42 Å².